The van der Waals surface area contributed by atoms with Gasteiger partial charge in [-0.2, -0.15) is 0 Å². The molecule has 1 heterocycles. The van der Waals surface area contributed by atoms with Crippen LogP contribution in [0.2, 0.25) is 0 Å². The van der Waals surface area contributed by atoms with Gasteiger partial charge in [0.2, 0.25) is 0 Å². The summed E-state index contributed by atoms with van der Waals surface area (Å²) in [7, 11) is 0. The molecule has 2 nitrogen and oxygen atoms in total. The molecule has 0 aliphatic carbocycles. The minimum absolute atomic E-state index is 0.213. The molecule has 20 heavy (non-hydrogen) atoms. The molecule has 0 amide bonds. The highest BCUT2D eigenvalue weighted by Crippen LogP contribution is 2.23. The Bertz CT molecular complexity index is 811. The molecule has 3 aromatic rings. The second-order valence-corrected chi connectivity index (χ2v) is 5.21. The highest BCUT2D eigenvalue weighted by atomic mass is 79.9. The smallest absolute Gasteiger partial charge is 0.193 e. The Morgan fingerprint density at radius 1 is 1.15 bits per heavy atom. The van der Waals surface area contributed by atoms with E-state index >= 15 is 0 Å². The van der Waals surface area contributed by atoms with Crippen LogP contribution in [-0.4, -0.2) is 10.8 Å². The van der Waals surface area contributed by atoms with Crippen LogP contribution >= 0.6 is 15.9 Å². The van der Waals surface area contributed by atoms with Gasteiger partial charge in [-0.1, -0.05) is 18.2 Å². The summed E-state index contributed by atoms with van der Waals surface area (Å²) in [4.78, 5) is 16.6. The Morgan fingerprint density at radius 3 is 2.80 bits per heavy atom. The van der Waals surface area contributed by atoms with Gasteiger partial charge < -0.3 is 0 Å². The fraction of sp³-hybridized carbons (Fsp3) is 0. The van der Waals surface area contributed by atoms with Gasteiger partial charge in [0, 0.05) is 28.9 Å². The molecule has 0 atom stereocenters. The first-order chi connectivity index (χ1) is 9.66. The summed E-state index contributed by atoms with van der Waals surface area (Å²) in [5, 5.41) is 1.70. The molecule has 0 unspecified atom stereocenters. The van der Waals surface area contributed by atoms with Gasteiger partial charge in [-0.25, -0.2) is 4.39 Å². The lowest BCUT2D eigenvalue weighted by Crippen LogP contribution is -2.03. The fourth-order valence-corrected chi connectivity index (χ4v) is 2.35. The van der Waals surface area contributed by atoms with Gasteiger partial charge in [0.15, 0.2) is 5.78 Å². The molecule has 0 bridgehead atoms. The van der Waals surface area contributed by atoms with E-state index in [4.69, 9.17) is 0 Å². The van der Waals surface area contributed by atoms with Crippen molar-refractivity contribution in [2.45, 2.75) is 0 Å². The highest BCUT2D eigenvalue weighted by Gasteiger charge is 2.14. The lowest BCUT2D eigenvalue weighted by Gasteiger charge is -2.06. The number of carbonyl (C=O) groups is 1. The molecule has 0 N–H and O–H groups in total. The van der Waals surface area contributed by atoms with Gasteiger partial charge in [-0.05, 0) is 45.6 Å². The monoisotopic (exact) mass is 329 g/mol. The Morgan fingerprint density at radius 2 is 2.00 bits per heavy atom. The van der Waals surface area contributed by atoms with E-state index in [9.17, 15) is 9.18 Å². The van der Waals surface area contributed by atoms with Gasteiger partial charge in [0.25, 0.3) is 0 Å². The maximum atomic E-state index is 13.6. The van der Waals surface area contributed by atoms with Crippen LogP contribution in [0.3, 0.4) is 0 Å². The first-order valence-corrected chi connectivity index (χ1v) is 6.78. The number of fused-ring (bicyclic) bond motifs is 1. The molecule has 0 radical (unpaired) electrons. The first-order valence-electron chi connectivity index (χ1n) is 5.99. The third-order valence-corrected chi connectivity index (χ3v) is 3.75. The van der Waals surface area contributed by atoms with Crippen molar-refractivity contribution in [1.82, 2.24) is 4.98 Å². The summed E-state index contributed by atoms with van der Waals surface area (Å²) in [6.07, 6.45) is 3.33. The van der Waals surface area contributed by atoms with Crippen molar-refractivity contribution >= 4 is 32.5 Å². The summed E-state index contributed by atoms with van der Waals surface area (Å²) in [6, 6.07) is 11.7. The zero-order valence-electron chi connectivity index (χ0n) is 10.3. The molecule has 2 aromatic carbocycles. The van der Waals surface area contributed by atoms with Gasteiger partial charge in [0.05, 0.1) is 4.47 Å². The summed E-state index contributed by atoms with van der Waals surface area (Å²) in [6.45, 7) is 0. The quantitative estimate of drug-likeness (QED) is 0.653. The number of ketones is 1. The van der Waals surface area contributed by atoms with E-state index in [1.165, 1.54) is 12.1 Å². The van der Waals surface area contributed by atoms with Gasteiger partial charge in [0.1, 0.15) is 5.82 Å². The Labute approximate surface area is 123 Å². The number of rotatable bonds is 2. The SMILES string of the molecule is O=C(c1ccc(Br)c(F)c1)c1cccc2ccncc12. The minimum Gasteiger partial charge on any atom is -0.289 e. The predicted octanol–water partition coefficient (Wildman–Crippen LogP) is 4.37. The second-order valence-electron chi connectivity index (χ2n) is 4.36. The van der Waals surface area contributed by atoms with Crippen LogP contribution in [0, 0.1) is 5.82 Å². The molecule has 0 saturated heterocycles. The molecule has 98 valence electrons. The predicted molar refractivity (Wildman–Crippen MR) is 79.3 cm³/mol. The van der Waals surface area contributed by atoms with Crippen LogP contribution < -0.4 is 0 Å². The molecule has 0 saturated carbocycles. The number of nitrogens with zero attached hydrogens (tertiary/aromatic N) is 1. The van der Waals surface area contributed by atoms with Crippen LogP contribution in [0.5, 0.6) is 0 Å². The third kappa shape index (κ3) is 2.23. The lowest BCUT2D eigenvalue weighted by molar-refractivity contribution is 0.104. The van der Waals surface area contributed by atoms with Gasteiger partial charge in [-0.3, -0.25) is 9.78 Å². The normalized spacial score (nSPS) is 10.7. The number of hydrogen-bond acceptors (Lipinski definition) is 2. The molecule has 0 aliphatic rings. The van der Waals surface area contributed by atoms with Crippen LogP contribution in [0.25, 0.3) is 10.8 Å². The van der Waals surface area contributed by atoms with E-state index in [1.807, 2.05) is 18.2 Å². The summed E-state index contributed by atoms with van der Waals surface area (Å²) < 4.78 is 13.9. The first kappa shape index (κ1) is 12.9. The molecule has 3 rings (SSSR count). The zero-order valence-corrected chi connectivity index (χ0v) is 11.9. The topological polar surface area (TPSA) is 30.0 Å². The minimum atomic E-state index is -0.450. The molecule has 0 spiro atoms. The highest BCUT2D eigenvalue weighted by molar-refractivity contribution is 9.10. The number of halogens is 2. The zero-order chi connectivity index (χ0) is 14.1. The van der Waals surface area contributed by atoms with Crippen molar-refractivity contribution in [2.75, 3.05) is 0 Å². The van der Waals surface area contributed by atoms with E-state index in [0.29, 0.717) is 15.6 Å². The van der Waals surface area contributed by atoms with Crippen LogP contribution in [0.1, 0.15) is 15.9 Å². The largest absolute Gasteiger partial charge is 0.289 e. The summed E-state index contributed by atoms with van der Waals surface area (Å²) in [5.74, 6) is -0.663. The van der Waals surface area contributed by atoms with Crippen molar-refractivity contribution in [3.63, 3.8) is 0 Å². The summed E-state index contributed by atoms with van der Waals surface area (Å²) >= 11 is 3.08. The number of pyridine rings is 1. The molecule has 4 heteroatoms. The number of carbonyl (C=O) groups excluding carboxylic acids is 1. The van der Waals surface area contributed by atoms with E-state index in [0.717, 1.165) is 10.8 Å². The van der Waals surface area contributed by atoms with E-state index in [1.54, 1.807) is 24.5 Å². The molecule has 0 fully saturated rings. The van der Waals surface area contributed by atoms with E-state index in [2.05, 4.69) is 20.9 Å². The van der Waals surface area contributed by atoms with Crippen LogP contribution in [0.4, 0.5) is 4.39 Å². The van der Waals surface area contributed by atoms with Crippen molar-refractivity contribution < 1.29 is 9.18 Å². The molecular formula is C16H9BrFNO. The lowest BCUT2D eigenvalue weighted by atomic mass is 9.98. The Balaban J connectivity index is 2.15. The molecule has 0 aliphatic heterocycles. The van der Waals surface area contributed by atoms with E-state index < -0.39 is 5.82 Å². The van der Waals surface area contributed by atoms with Gasteiger partial charge >= 0.3 is 0 Å². The Kier molecular flexibility index (Phi) is 3.32. The Hall–Kier alpha value is -2.07. The molecular weight excluding hydrogens is 321 g/mol. The third-order valence-electron chi connectivity index (χ3n) is 3.11. The maximum absolute atomic E-state index is 13.6. The van der Waals surface area contributed by atoms with Crippen molar-refractivity contribution in [3.05, 3.63) is 76.3 Å². The van der Waals surface area contributed by atoms with Crippen LogP contribution in [0.15, 0.2) is 59.3 Å². The second kappa shape index (κ2) is 5.13. The van der Waals surface area contributed by atoms with E-state index in [-0.39, 0.29) is 5.78 Å². The fourth-order valence-electron chi connectivity index (χ4n) is 2.10. The summed E-state index contributed by atoms with van der Waals surface area (Å²) in [5.41, 5.74) is 0.847. The number of aromatic nitrogens is 1. The van der Waals surface area contributed by atoms with Crippen molar-refractivity contribution in [2.24, 2.45) is 0 Å². The average molecular weight is 330 g/mol. The average Bonchev–Trinajstić information content (AvgIpc) is 2.49. The number of benzene rings is 2. The van der Waals surface area contributed by atoms with Crippen molar-refractivity contribution in [1.29, 1.82) is 0 Å². The standard InChI is InChI=1S/C16H9BrFNO/c17-14-5-4-11(8-15(14)18)16(20)12-3-1-2-10-6-7-19-9-13(10)12/h1-9H. The van der Waals surface area contributed by atoms with Crippen LogP contribution in [-0.2, 0) is 0 Å². The van der Waals surface area contributed by atoms with Crippen molar-refractivity contribution in [3.8, 4) is 0 Å². The number of hydrogen-bond donors (Lipinski definition) is 0. The maximum Gasteiger partial charge on any atom is 0.193 e. The molecule has 1 aromatic heterocycles. The van der Waals surface area contributed by atoms with Gasteiger partial charge in [-0.15, -0.1) is 0 Å².